The first-order valence-electron chi connectivity index (χ1n) is 5.64. The predicted octanol–water partition coefficient (Wildman–Crippen LogP) is 1.78. The molecule has 0 bridgehead atoms. The lowest BCUT2D eigenvalue weighted by atomic mass is 10.3. The minimum absolute atomic E-state index is 0.0143. The molecule has 7 heteroatoms. The van der Waals surface area contributed by atoms with Crippen LogP contribution in [0.4, 0.5) is 5.69 Å². The quantitative estimate of drug-likeness (QED) is 0.858. The fourth-order valence-corrected chi connectivity index (χ4v) is 4.18. The summed E-state index contributed by atoms with van der Waals surface area (Å²) in [5.41, 5.74) is 6.13. The van der Waals surface area contributed by atoms with E-state index in [9.17, 15) is 8.42 Å². The van der Waals surface area contributed by atoms with E-state index in [-0.39, 0.29) is 10.6 Å². The Bertz CT molecular complexity index is 695. The number of aromatic nitrogens is 2. The lowest BCUT2D eigenvalue weighted by Gasteiger charge is -2.07. The average molecular weight is 344 g/mol. The lowest BCUT2D eigenvalue weighted by Crippen LogP contribution is -2.12. The Labute approximate surface area is 120 Å². The van der Waals surface area contributed by atoms with E-state index < -0.39 is 9.84 Å². The molecule has 0 unspecified atom stereocenters. The van der Waals surface area contributed by atoms with Crippen molar-refractivity contribution in [2.24, 2.45) is 7.05 Å². The lowest BCUT2D eigenvalue weighted by molar-refractivity contribution is 0.593. The van der Waals surface area contributed by atoms with Gasteiger partial charge in [0, 0.05) is 36.0 Å². The molecule has 0 aliphatic heterocycles. The highest BCUT2D eigenvalue weighted by Gasteiger charge is 2.18. The molecule has 2 N–H and O–H groups in total. The van der Waals surface area contributed by atoms with Crippen LogP contribution in [0.1, 0.15) is 5.82 Å². The van der Waals surface area contributed by atoms with Crippen LogP contribution in [-0.2, 0) is 23.3 Å². The fraction of sp³-hybridized carbons (Fsp3) is 0.250. The first kappa shape index (κ1) is 14.1. The monoisotopic (exact) mass is 343 g/mol. The van der Waals surface area contributed by atoms with Gasteiger partial charge in [0.05, 0.1) is 10.6 Å². The first-order chi connectivity index (χ1) is 8.90. The van der Waals surface area contributed by atoms with Gasteiger partial charge < -0.3 is 10.3 Å². The fourth-order valence-electron chi connectivity index (χ4n) is 1.74. The summed E-state index contributed by atoms with van der Waals surface area (Å²) in [5.74, 6) is 0.760. The molecule has 0 fully saturated rings. The molecule has 0 amide bonds. The average Bonchev–Trinajstić information content (AvgIpc) is 2.72. The number of hydrogen-bond acceptors (Lipinski definition) is 4. The maximum absolute atomic E-state index is 12.3. The number of nitrogens with zero attached hydrogens (tertiary/aromatic N) is 2. The van der Waals surface area contributed by atoms with Crippen LogP contribution in [0.5, 0.6) is 0 Å². The van der Waals surface area contributed by atoms with Crippen molar-refractivity contribution in [3.05, 3.63) is 40.9 Å². The van der Waals surface area contributed by atoms with Crippen LogP contribution >= 0.6 is 15.9 Å². The molecule has 1 heterocycles. The molecule has 1 aromatic carbocycles. The smallest absolute Gasteiger partial charge is 0.179 e. The van der Waals surface area contributed by atoms with E-state index in [2.05, 4.69) is 20.9 Å². The summed E-state index contributed by atoms with van der Waals surface area (Å²) in [4.78, 5) is 4.38. The molecule has 0 aliphatic carbocycles. The number of halogens is 1. The summed E-state index contributed by atoms with van der Waals surface area (Å²) < 4.78 is 26.8. The zero-order valence-electron chi connectivity index (χ0n) is 10.4. The van der Waals surface area contributed by atoms with Gasteiger partial charge in [0.25, 0.3) is 0 Å². The van der Waals surface area contributed by atoms with Gasteiger partial charge in [0.2, 0.25) is 0 Å². The second-order valence-electron chi connectivity index (χ2n) is 4.21. The minimum Gasteiger partial charge on any atom is -0.399 e. The van der Waals surface area contributed by atoms with Gasteiger partial charge in [-0.3, -0.25) is 0 Å². The third kappa shape index (κ3) is 3.16. The molecule has 0 radical (unpaired) electrons. The van der Waals surface area contributed by atoms with E-state index in [1.165, 1.54) is 6.07 Å². The Balaban J connectivity index is 2.21. The molecule has 0 atom stereocenters. The molecular weight excluding hydrogens is 330 g/mol. The molecule has 0 saturated carbocycles. The zero-order valence-corrected chi connectivity index (χ0v) is 12.8. The second kappa shape index (κ2) is 5.34. The molecule has 0 spiro atoms. The van der Waals surface area contributed by atoms with Crippen molar-refractivity contribution in [2.45, 2.75) is 11.3 Å². The SMILES string of the molecule is Cn1ccnc1CCS(=O)(=O)c1ccc(N)cc1Br. The normalized spacial score (nSPS) is 11.7. The summed E-state index contributed by atoms with van der Waals surface area (Å²) in [6.07, 6.45) is 3.82. The van der Waals surface area contributed by atoms with Gasteiger partial charge >= 0.3 is 0 Å². The largest absolute Gasteiger partial charge is 0.399 e. The number of benzene rings is 1. The maximum Gasteiger partial charge on any atom is 0.179 e. The molecule has 1 aromatic heterocycles. The van der Waals surface area contributed by atoms with Gasteiger partial charge in [-0.2, -0.15) is 0 Å². The van der Waals surface area contributed by atoms with Gasteiger partial charge in [-0.1, -0.05) is 0 Å². The van der Waals surface area contributed by atoms with Gasteiger partial charge in [-0.05, 0) is 34.1 Å². The number of nitrogens with two attached hydrogens (primary N) is 1. The number of hydrogen-bond donors (Lipinski definition) is 1. The highest BCUT2D eigenvalue weighted by molar-refractivity contribution is 9.10. The number of rotatable bonds is 4. The van der Waals surface area contributed by atoms with Gasteiger partial charge in [-0.25, -0.2) is 13.4 Å². The molecule has 0 aliphatic rings. The van der Waals surface area contributed by atoms with Crippen molar-refractivity contribution < 1.29 is 8.42 Å². The van der Waals surface area contributed by atoms with Crippen LogP contribution in [0.25, 0.3) is 0 Å². The highest BCUT2D eigenvalue weighted by Crippen LogP contribution is 2.25. The first-order valence-corrected chi connectivity index (χ1v) is 8.08. The number of anilines is 1. The minimum atomic E-state index is -3.36. The summed E-state index contributed by atoms with van der Waals surface area (Å²) in [5, 5.41) is 0. The van der Waals surface area contributed by atoms with E-state index in [0.29, 0.717) is 16.6 Å². The molecule has 2 rings (SSSR count). The molecule has 0 saturated heterocycles. The van der Waals surface area contributed by atoms with E-state index >= 15 is 0 Å². The molecular formula is C12H14BrN3O2S. The standard InChI is InChI=1S/C12H14BrN3O2S/c1-16-6-5-15-12(16)4-7-19(17,18)11-3-2-9(14)8-10(11)13/h2-3,5-6,8H,4,7,14H2,1H3. The summed E-state index contributed by atoms with van der Waals surface area (Å²) in [6.45, 7) is 0. The van der Waals surface area contributed by atoms with Crippen LogP contribution in [0.3, 0.4) is 0 Å². The van der Waals surface area contributed by atoms with Crippen molar-refractivity contribution >= 4 is 31.5 Å². The van der Waals surface area contributed by atoms with Crippen molar-refractivity contribution in [2.75, 3.05) is 11.5 Å². The molecule has 5 nitrogen and oxygen atoms in total. The van der Waals surface area contributed by atoms with E-state index in [1.807, 2.05) is 11.6 Å². The van der Waals surface area contributed by atoms with E-state index in [0.717, 1.165) is 5.82 Å². The topological polar surface area (TPSA) is 78.0 Å². The predicted molar refractivity (Wildman–Crippen MR) is 77.5 cm³/mol. The number of imidazole rings is 1. The van der Waals surface area contributed by atoms with Crippen LogP contribution in [0, 0.1) is 0 Å². The summed E-state index contributed by atoms with van der Waals surface area (Å²) in [6, 6.07) is 4.69. The zero-order chi connectivity index (χ0) is 14.0. The van der Waals surface area contributed by atoms with Crippen LogP contribution in [0.2, 0.25) is 0 Å². The van der Waals surface area contributed by atoms with E-state index in [4.69, 9.17) is 5.73 Å². The summed E-state index contributed by atoms with van der Waals surface area (Å²) >= 11 is 3.24. The second-order valence-corrected chi connectivity index (χ2v) is 7.15. The molecule has 102 valence electrons. The maximum atomic E-state index is 12.3. The van der Waals surface area contributed by atoms with Crippen molar-refractivity contribution in [1.82, 2.24) is 9.55 Å². The van der Waals surface area contributed by atoms with Crippen molar-refractivity contribution in [1.29, 1.82) is 0 Å². The van der Waals surface area contributed by atoms with Crippen LogP contribution in [0.15, 0.2) is 40.0 Å². The van der Waals surface area contributed by atoms with Crippen LogP contribution < -0.4 is 5.73 Å². The van der Waals surface area contributed by atoms with Crippen molar-refractivity contribution in [3.63, 3.8) is 0 Å². The highest BCUT2D eigenvalue weighted by atomic mass is 79.9. The molecule has 2 aromatic rings. The van der Waals surface area contributed by atoms with Crippen molar-refractivity contribution in [3.8, 4) is 0 Å². The Morgan fingerprint density at radius 3 is 2.74 bits per heavy atom. The number of sulfone groups is 1. The third-order valence-corrected chi connectivity index (χ3v) is 5.49. The Hall–Kier alpha value is -1.34. The molecule has 19 heavy (non-hydrogen) atoms. The number of nitrogen functional groups attached to an aromatic ring is 1. The van der Waals surface area contributed by atoms with Gasteiger partial charge in [-0.15, -0.1) is 0 Å². The van der Waals surface area contributed by atoms with Gasteiger partial charge in [0.1, 0.15) is 5.82 Å². The Morgan fingerprint density at radius 1 is 1.42 bits per heavy atom. The number of aryl methyl sites for hydroxylation is 2. The Kier molecular flexibility index (Phi) is 3.96. The van der Waals surface area contributed by atoms with E-state index in [1.54, 1.807) is 24.5 Å². The van der Waals surface area contributed by atoms with Crippen LogP contribution in [-0.4, -0.2) is 23.7 Å². The summed E-state index contributed by atoms with van der Waals surface area (Å²) in [7, 11) is -1.51. The van der Waals surface area contributed by atoms with Gasteiger partial charge in [0.15, 0.2) is 9.84 Å². The third-order valence-electron chi connectivity index (χ3n) is 2.81. The Morgan fingerprint density at radius 2 is 2.16 bits per heavy atom.